The first-order chi connectivity index (χ1) is 8.61. The van der Waals surface area contributed by atoms with Gasteiger partial charge in [-0.1, -0.05) is 25.2 Å². The summed E-state index contributed by atoms with van der Waals surface area (Å²) in [4.78, 5) is 4.64. The second kappa shape index (κ2) is 5.38. The number of hydrogen-bond acceptors (Lipinski definition) is 2. The normalized spacial score (nSPS) is 14.2. The van der Waals surface area contributed by atoms with Crippen LogP contribution in [0.4, 0.5) is 0 Å². The molecule has 2 rings (SSSR count). The fourth-order valence-electron chi connectivity index (χ4n) is 2.16. The third-order valence-electron chi connectivity index (χ3n) is 3.02. The smallest absolute Gasteiger partial charge is 0.222 e. The summed E-state index contributed by atoms with van der Waals surface area (Å²) in [6.07, 6.45) is 8.63. The summed E-state index contributed by atoms with van der Waals surface area (Å²) in [5.74, 6) is 0.777. The lowest BCUT2D eigenvalue weighted by molar-refractivity contribution is 0.229. The minimum Gasteiger partial charge on any atom is -0.474 e. The molecule has 1 aliphatic carbocycles. The Kier molecular flexibility index (Phi) is 3.85. The molecule has 0 unspecified atom stereocenters. The number of aryl methyl sites for hydroxylation is 1. The highest BCUT2D eigenvalue weighted by Gasteiger charge is 2.08. The second-order valence-electron chi connectivity index (χ2n) is 4.93. The summed E-state index contributed by atoms with van der Waals surface area (Å²) in [5, 5.41) is 2.40. The molecule has 1 aromatic heterocycles. The van der Waals surface area contributed by atoms with Crippen molar-refractivity contribution in [2.24, 2.45) is 0 Å². The molecule has 0 saturated heterocycles. The lowest BCUT2D eigenvalue weighted by Crippen LogP contribution is -2.31. The van der Waals surface area contributed by atoms with E-state index in [1.165, 1.54) is 10.8 Å². The van der Waals surface area contributed by atoms with Gasteiger partial charge in [0.15, 0.2) is 0 Å². The van der Waals surface area contributed by atoms with Crippen LogP contribution in [0.15, 0.2) is 18.2 Å². The van der Waals surface area contributed by atoms with Crippen molar-refractivity contribution in [3.05, 3.63) is 34.3 Å². The van der Waals surface area contributed by atoms with Crippen LogP contribution < -0.4 is 15.2 Å². The summed E-state index contributed by atoms with van der Waals surface area (Å²) in [7, 11) is 0. The molecule has 0 fully saturated rings. The molecule has 1 aromatic rings. The highest BCUT2D eigenvalue weighted by molar-refractivity contribution is 5.59. The van der Waals surface area contributed by atoms with Crippen molar-refractivity contribution in [2.75, 3.05) is 0 Å². The molecule has 0 radical (unpaired) electrons. The lowest BCUT2D eigenvalue weighted by atomic mass is 10.1. The van der Waals surface area contributed by atoms with Gasteiger partial charge in [0.1, 0.15) is 0 Å². The average molecular weight is 243 g/mol. The summed E-state index contributed by atoms with van der Waals surface area (Å²) >= 11 is 0. The average Bonchev–Trinajstić information content (AvgIpc) is 2.50. The van der Waals surface area contributed by atoms with E-state index in [2.05, 4.69) is 43.1 Å². The molecule has 0 spiro atoms. The van der Waals surface area contributed by atoms with Crippen LogP contribution >= 0.6 is 0 Å². The van der Waals surface area contributed by atoms with Crippen molar-refractivity contribution >= 4 is 11.6 Å². The Morgan fingerprint density at radius 3 is 2.83 bits per heavy atom. The Bertz CT molecular complexity index is 582. The predicted octanol–water partition coefficient (Wildman–Crippen LogP) is 2.34. The van der Waals surface area contributed by atoms with Gasteiger partial charge in [0.05, 0.1) is 6.10 Å². The summed E-state index contributed by atoms with van der Waals surface area (Å²) in [6, 6.07) is 2.18. The molecule has 0 N–H and O–H groups in total. The van der Waals surface area contributed by atoms with Gasteiger partial charge in [-0.15, -0.1) is 0 Å². The first kappa shape index (κ1) is 12.9. The Morgan fingerprint density at radius 2 is 2.17 bits per heavy atom. The highest BCUT2D eigenvalue weighted by atomic mass is 16.5. The standard InChI is InChI=1S/C16H21NO/c1-5-14-10-13-9-7-6-8-12(4)15(13)16(17-14)18-11(2)3/h6,8-11H,5,7H2,1-4H3. The minimum absolute atomic E-state index is 0.147. The molecular formula is C16H21NO. The molecule has 0 bridgehead atoms. The molecule has 2 heteroatoms. The van der Waals surface area contributed by atoms with Crippen molar-refractivity contribution in [3.63, 3.8) is 0 Å². The van der Waals surface area contributed by atoms with Crippen molar-refractivity contribution in [1.82, 2.24) is 4.98 Å². The number of pyridine rings is 1. The summed E-state index contributed by atoms with van der Waals surface area (Å²) in [5.41, 5.74) is 2.32. The minimum atomic E-state index is 0.147. The van der Waals surface area contributed by atoms with Crippen LogP contribution in [-0.2, 0) is 6.42 Å². The molecule has 2 nitrogen and oxygen atoms in total. The van der Waals surface area contributed by atoms with Crippen LogP contribution in [0.1, 0.15) is 39.8 Å². The largest absolute Gasteiger partial charge is 0.474 e. The van der Waals surface area contributed by atoms with Gasteiger partial charge in [-0.25, -0.2) is 4.98 Å². The van der Waals surface area contributed by atoms with Gasteiger partial charge in [-0.2, -0.15) is 0 Å². The highest BCUT2D eigenvalue weighted by Crippen LogP contribution is 2.08. The van der Waals surface area contributed by atoms with E-state index in [1.807, 2.05) is 13.8 Å². The van der Waals surface area contributed by atoms with Gasteiger partial charge in [0.2, 0.25) is 5.88 Å². The molecule has 0 atom stereocenters. The fourth-order valence-corrected chi connectivity index (χ4v) is 2.16. The second-order valence-corrected chi connectivity index (χ2v) is 4.93. The van der Waals surface area contributed by atoms with E-state index in [1.54, 1.807) is 0 Å². The van der Waals surface area contributed by atoms with Crippen LogP contribution in [0.2, 0.25) is 0 Å². The number of fused-ring (bicyclic) bond motifs is 1. The Morgan fingerprint density at radius 1 is 1.39 bits per heavy atom. The quantitative estimate of drug-likeness (QED) is 0.813. The molecule has 0 saturated carbocycles. The monoisotopic (exact) mass is 243 g/mol. The summed E-state index contributed by atoms with van der Waals surface area (Å²) < 4.78 is 5.90. The lowest BCUT2D eigenvalue weighted by Gasteiger charge is -2.12. The maximum atomic E-state index is 5.90. The molecule has 18 heavy (non-hydrogen) atoms. The van der Waals surface area contributed by atoms with Crippen LogP contribution in [0.3, 0.4) is 0 Å². The van der Waals surface area contributed by atoms with E-state index < -0.39 is 0 Å². The molecule has 0 amide bonds. The molecular weight excluding hydrogens is 222 g/mol. The van der Waals surface area contributed by atoms with E-state index in [4.69, 9.17) is 4.74 Å². The number of nitrogens with zero attached hydrogens (tertiary/aromatic N) is 1. The zero-order valence-corrected chi connectivity index (χ0v) is 11.7. The Hall–Kier alpha value is -1.57. The van der Waals surface area contributed by atoms with Gasteiger partial charge in [-0.05, 0) is 50.5 Å². The maximum absolute atomic E-state index is 5.90. The first-order valence-electron chi connectivity index (χ1n) is 6.66. The van der Waals surface area contributed by atoms with Crippen LogP contribution in [0.5, 0.6) is 5.88 Å². The summed E-state index contributed by atoms with van der Waals surface area (Å²) in [6.45, 7) is 8.32. The SMILES string of the molecule is CCc1cc2c(c(OC(C)C)n1)=C(C)C=CCC=2. The molecule has 0 aliphatic heterocycles. The molecule has 1 heterocycles. The number of aromatic nitrogens is 1. The van der Waals surface area contributed by atoms with Crippen LogP contribution in [0.25, 0.3) is 11.6 Å². The van der Waals surface area contributed by atoms with Gasteiger partial charge >= 0.3 is 0 Å². The van der Waals surface area contributed by atoms with E-state index >= 15 is 0 Å². The van der Waals surface area contributed by atoms with E-state index in [9.17, 15) is 0 Å². The third kappa shape index (κ3) is 2.63. The fraction of sp³-hybridized carbons (Fsp3) is 0.438. The van der Waals surface area contributed by atoms with Gasteiger partial charge in [-0.3, -0.25) is 0 Å². The number of hydrogen-bond donors (Lipinski definition) is 0. The first-order valence-corrected chi connectivity index (χ1v) is 6.66. The Labute approximate surface area is 109 Å². The predicted molar refractivity (Wildman–Crippen MR) is 75.9 cm³/mol. The number of rotatable bonds is 3. The number of allylic oxidation sites excluding steroid dienone is 2. The van der Waals surface area contributed by atoms with Crippen molar-refractivity contribution in [3.8, 4) is 5.88 Å². The molecule has 96 valence electrons. The van der Waals surface area contributed by atoms with Gasteiger partial charge < -0.3 is 4.74 Å². The molecule has 0 aromatic carbocycles. The zero-order valence-electron chi connectivity index (χ0n) is 11.7. The molecule has 1 aliphatic rings. The van der Waals surface area contributed by atoms with E-state index in [-0.39, 0.29) is 6.10 Å². The van der Waals surface area contributed by atoms with Crippen molar-refractivity contribution in [1.29, 1.82) is 0 Å². The Balaban J connectivity index is 2.75. The van der Waals surface area contributed by atoms with E-state index in [0.717, 1.165) is 29.6 Å². The maximum Gasteiger partial charge on any atom is 0.222 e. The van der Waals surface area contributed by atoms with Crippen LogP contribution in [-0.4, -0.2) is 11.1 Å². The van der Waals surface area contributed by atoms with Gasteiger partial charge in [0.25, 0.3) is 0 Å². The topological polar surface area (TPSA) is 22.1 Å². The van der Waals surface area contributed by atoms with Crippen molar-refractivity contribution in [2.45, 2.75) is 46.6 Å². The van der Waals surface area contributed by atoms with Crippen LogP contribution in [0, 0.1) is 0 Å². The van der Waals surface area contributed by atoms with E-state index in [0.29, 0.717) is 0 Å². The van der Waals surface area contributed by atoms with Crippen molar-refractivity contribution < 1.29 is 4.74 Å². The van der Waals surface area contributed by atoms with Gasteiger partial charge in [0, 0.05) is 10.9 Å². The third-order valence-corrected chi connectivity index (χ3v) is 3.02. The zero-order chi connectivity index (χ0) is 13.1. The number of ether oxygens (including phenoxy) is 1.